The number of rotatable bonds is 5. The van der Waals surface area contributed by atoms with Gasteiger partial charge >= 0.3 is 5.97 Å². The van der Waals surface area contributed by atoms with E-state index in [0.717, 1.165) is 30.5 Å². The molecular formula is C22H23ClN2O5S. The van der Waals surface area contributed by atoms with Gasteiger partial charge in [-0.3, -0.25) is 4.79 Å². The lowest BCUT2D eigenvalue weighted by molar-refractivity contribution is -0.122. The lowest BCUT2D eigenvalue weighted by atomic mass is 10.1. The molecule has 7 nitrogen and oxygen atoms in total. The number of anilines is 1. The molecule has 0 bridgehead atoms. The molecule has 1 amide bonds. The summed E-state index contributed by atoms with van der Waals surface area (Å²) in [7, 11) is -3.79. The standard InChI is InChI=1S/C22H23ClN2O5S/c1-15-12-16-6-2-3-7-19(16)25(15)21(26)14-30-22(27)17-8-9-18(23)20(13-17)31(28,29)24-10-4-5-11-24/h2-3,6-9,13,15H,4-5,10-12,14H2,1H3/t15-/m1/s1. The van der Waals surface area contributed by atoms with Gasteiger partial charge in [0.2, 0.25) is 10.0 Å². The summed E-state index contributed by atoms with van der Waals surface area (Å²) < 4.78 is 32.3. The van der Waals surface area contributed by atoms with Crippen molar-refractivity contribution in [1.82, 2.24) is 4.31 Å². The van der Waals surface area contributed by atoms with Crippen LogP contribution >= 0.6 is 11.6 Å². The van der Waals surface area contributed by atoms with Crippen molar-refractivity contribution >= 4 is 39.2 Å². The molecule has 164 valence electrons. The number of esters is 1. The van der Waals surface area contributed by atoms with Gasteiger partial charge in [0.05, 0.1) is 10.6 Å². The fourth-order valence-corrected chi connectivity index (χ4v) is 6.14. The van der Waals surface area contributed by atoms with Gasteiger partial charge in [-0.15, -0.1) is 0 Å². The third-order valence-corrected chi connectivity index (χ3v) is 8.03. The van der Waals surface area contributed by atoms with Crippen LogP contribution in [0, 0.1) is 0 Å². The normalized spacial score (nSPS) is 18.8. The van der Waals surface area contributed by atoms with Gasteiger partial charge in [-0.05, 0) is 56.0 Å². The summed E-state index contributed by atoms with van der Waals surface area (Å²) in [6.07, 6.45) is 2.32. The van der Waals surface area contributed by atoms with Gasteiger partial charge in [0.15, 0.2) is 6.61 Å². The zero-order valence-corrected chi connectivity index (χ0v) is 18.7. The second-order valence-electron chi connectivity index (χ2n) is 7.78. The molecule has 0 N–H and O–H groups in total. The first kappa shape index (κ1) is 21.8. The van der Waals surface area contributed by atoms with Crippen LogP contribution in [0.5, 0.6) is 0 Å². The van der Waals surface area contributed by atoms with Gasteiger partial charge in [0, 0.05) is 24.8 Å². The van der Waals surface area contributed by atoms with Crippen molar-refractivity contribution in [3.8, 4) is 0 Å². The second-order valence-corrected chi connectivity index (χ2v) is 10.1. The van der Waals surface area contributed by atoms with E-state index in [1.807, 2.05) is 31.2 Å². The van der Waals surface area contributed by atoms with Crippen LogP contribution in [-0.2, 0) is 26.0 Å². The molecule has 1 atom stereocenters. The number of nitrogens with zero attached hydrogens (tertiary/aromatic N) is 2. The molecule has 2 aromatic rings. The van der Waals surface area contributed by atoms with E-state index in [-0.39, 0.29) is 27.4 Å². The summed E-state index contributed by atoms with van der Waals surface area (Å²) in [4.78, 5) is 26.8. The van der Waals surface area contributed by atoms with E-state index in [4.69, 9.17) is 16.3 Å². The molecule has 0 saturated carbocycles. The number of ether oxygens (including phenoxy) is 1. The van der Waals surface area contributed by atoms with Crippen LogP contribution < -0.4 is 4.90 Å². The number of carbonyl (C=O) groups is 2. The minimum absolute atomic E-state index is 0.0312. The Hall–Kier alpha value is -2.42. The number of benzene rings is 2. The lowest BCUT2D eigenvalue weighted by Gasteiger charge is -2.22. The Labute approximate surface area is 186 Å². The Bertz CT molecular complexity index is 1130. The van der Waals surface area contributed by atoms with E-state index in [9.17, 15) is 18.0 Å². The molecule has 0 aliphatic carbocycles. The Morgan fingerprint density at radius 1 is 1.13 bits per heavy atom. The number of fused-ring (bicyclic) bond motifs is 1. The number of hydrogen-bond acceptors (Lipinski definition) is 5. The number of carbonyl (C=O) groups excluding carboxylic acids is 2. The topological polar surface area (TPSA) is 84.0 Å². The van der Waals surface area contributed by atoms with Crippen molar-refractivity contribution < 1.29 is 22.7 Å². The highest BCUT2D eigenvalue weighted by atomic mass is 35.5. The highest BCUT2D eigenvalue weighted by Crippen LogP contribution is 2.32. The molecule has 2 heterocycles. The molecule has 1 fully saturated rings. The van der Waals surface area contributed by atoms with Gasteiger partial charge in [0.25, 0.3) is 5.91 Å². The van der Waals surface area contributed by atoms with E-state index < -0.39 is 22.6 Å². The van der Waals surface area contributed by atoms with E-state index in [0.29, 0.717) is 13.1 Å². The van der Waals surface area contributed by atoms with Crippen molar-refractivity contribution in [2.24, 2.45) is 0 Å². The molecule has 2 aromatic carbocycles. The predicted octanol–water partition coefficient (Wildman–Crippen LogP) is 3.26. The molecule has 0 radical (unpaired) electrons. The first-order valence-corrected chi connectivity index (χ1v) is 12.0. The van der Waals surface area contributed by atoms with Crippen molar-refractivity contribution in [2.45, 2.75) is 37.1 Å². The van der Waals surface area contributed by atoms with Crippen LogP contribution in [0.25, 0.3) is 0 Å². The molecule has 0 aromatic heterocycles. The first-order chi connectivity index (χ1) is 14.8. The predicted molar refractivity (Wildman–Crippen MR) is 117 cm³/mol. The number of para-hydroxylation sites is 1. The molecule has 1 saturated heterocycles. The maximum Gasteiger partial charge on any atom is 0.338 e. The van der Waals surface area contributed by atoms with Gasteiger partial charge in [-0.2, -0.15) is 4.31 Å². The Morgan fingerprint density at radius 3 is 2.58 bits per heavy atom. The summed E-state index contributed by atoms with van der Waals surface area (Å²) in [5.74, 6) is -1.10. The fourth-order valence-electron chi connectivity index (χ4n) is 4.12. The highest BCUT2D eigenvalue weighted by molar-refractivity contribution is 7.89. The fraction of sp³-hybridized carbons (Fsp3) is 0.364. The summed E-state index contributed by atoms with van der Waals surface area (Å²) in [5, 5.41) is 0.0435. The summed E-state index contributed by atoms with van der Waals surface area (Å²) in [6, 6.07) is 11.6. The van der Waals surface area contributed by atoms with Gasteiger partial charge in [0.1, 0.15) is 4.90 Å². The quantitative estimate of drug-likeness (QED) is 0.637. The van der Waals surface area contributed by atoms with E-state index in [1.165, 1.54) is 22.5 Å². The van der Waals surface area contributed by atoms with Crippen LogP contribution in [0.3, 0.4) is 0 Å². The van der Waals surface area contributed by atoms with E-state index >= 15 is 0 Å². The average Bonchev–Trinajstić information content (AvgIpc) is 3.39. The smallest absolute Gasteiger partial charge is 0.338 e. The number of sulfonamides is 1. The molecule has 31 heavy (non-hydrogen) atoms. The highest BCUT2D eigenvalue weighted by Gasteiger charge is 2.32. The maximum atomic E-state index is 12.9. The average molecular weight is 463 g/mol. The van der Waals surface area contributed by atoms with Crippen molar-refractivity contribution in [2.75, 3.05) is 24.6 Å². The maximum absolute atomic E-state index is 12.9. The number of amides is 1. The zero-order chi connectivity index (χ0) is 22.2. The van der Waals surface area contributed by atoms with E-state index in [1.54, 1.807) is 4.90 Å². The summed E-state index contributed by atoms with van der Waals surface area (Å²) >= 11 is 6.12. The van der Waals surface area contributed by atoms with Gasteiger partial charge < -0.3 is 9.64 Å². The first-order valence-electron chi connectivity index (χ1n) is 10.2. The molecule has 9 heteroatoms. The van der Waals surface area contributed by atoms with Crippen LogP contribution in [-0.4, -0.2) is 50.3 Å². The minimum atomic E-state index is -3.79. The molecule has 2 aliphatic heterocycles. The Morgan fingerprint density at radius 2 is 1.84 bits per heavy atom. The van der Waals surface area contributed by atoms with E-state index in [2.05, 4.69) is 0 Å². The largest absolute Gasteiger partial charge is 0.452 e. The van der Waals surface area contributed by atoms with Crippen molar-refractivity contribution in [3.05, 3.63) is 58.6 Å². The monoisotopic (exact) mass is 462 g/mol. The van der Waals surface area contributed by atoms with Crippen LogP contribution in [0.2, 0.25) is 5.02 Å². The SMILES string of the molecule is C[C@@H]1Cc2ccccc2N1C(=O)COC(=O)c1ccc(Cl)c(S(=O)(=O)N2CCCC2)c1. The number of halogens is 1. The van der Waals surface area contributed by atoms with Gasteiger partial charge in [-0.25, -0.2) is 13.2 Å². The molecule has 0 unspecified atom stereocenters. The Kier molecular flexibility index (Phi) is 6.05. The van der Waals surface area contributed by atoms with Crippen molar-refractivity contribution in [3.63, 3.8) is 0 Å². The number of hydrogen-bond donors (Lipinski definition) is 0. The van der Waals surface area contributed by atoms with Crippen LogP contribution in [0.4, 0.5) is 5.69 Å². The molecule has 0 spiro atoms. The van der Waals surface area contributed by atoms with Crippen LogP contribution in [0.1, 0.15) is 35.7 Å². The Balaban J connectivity index is 1.48. The molecule has 4 rings (SSSR count). The van der Waals surface area contributed by atoms with Crippen molar-refractivity contribution in [1.29, 1.82) is 0 Å². The second kappa shape index (κ2) is 8.61. The summed E-state index contributed by atoms with van der Waals surface area (Å²) in [5.41, 5.74) is 1.93. The molecule has 2 aliphatic rings. The third kappa shape index (κ3) is 4.20. The minimum Gasteiger partial charge on any atom is -0.452 e. The molecular weight excluding hydrogens is 440 g/mol. The lowest BCUT2D eigenvalue weighted by Crippen LogP contribution is -2.38. The van der Waals surface area contributed by atoms with Crippen LogP contribution in [0.15, 0.2) is 47.4 Å². The third-order valence-electron chi connectivity index (χ3n) is 5.65. The zero-order valence-electron chi connectivity index (χ0n) is 17.1. The summed E-state index contributed by atoms with van der Waals surface area (Å²) in [6.45, 7) is 2.36. The van der Waals surface area contributed by atoms with Gasteiger partial charge in [-0.1, -0.05) is 29.8 Å².